The average Bonchev–Trinajstić information content (AvgIpc) is 3.05. The van der Waals surface area contributed by atoms with Crippen molar-refractivity contribution in [3.8, 4) is 0 Å². The number of carbonyl (C=O) groups excluding carboxylic acids is 2. The number of nitrogens with one attached hydrogen (secondary N) is 1. The molecule has 1 aliphatic heterocycles. The van der Waals surface area contributed by atoms with E-state index < -0.39 is 0 Å². The van der Waals surface area contributed by atoms with Gasteiger partial charge in [-0.1, -0.05) is 24.6 Å². The van der Waals surface area contributed by atoms with Crippen LogP contribution in [0.1, 0.15) is 31.7 Å². The highest BCUT2D eigenvalue weighted by Crippen LogP contribution is 2.49. The fourth-order valence-corrected chi connectivity index (χ4v) is 4.26. The molecule has 5 nitrogen and oxygen atoms in total. The first-order chi connectivity index (χ1) is 11.0. The lowest BCUT2D eigenvalue weighted by Crippen LogP contribution is -2.36. The fraction of sp³-hybridized carbons (Fsp3) is 0.556. The molecule has 1 saturated heterocycles. The minimum atomic E-state index is -0.322. The topological polar surface area (TPSA) is 58.6 Å². The quantitative estimate of drug-likeness (QED) is 0.867. The van der Waals surface area contributed by atoms with E-state index in [0.717, 1.165) is 50.1 Å². The Kier molecular flexibility index (Phi) is 4.39. The number of anilines is 1. The van der Waals surface area contributed by atoms with Crippen LogP contribution in [0.5, 0.6) is 0 Å². The van der Waals surface area contributed by atoms with Crippen LogP contribution in [0.25, 0.3) is 0 Å². The second-order valence-corrected chi connectivity index (χ2v) is 6.74. The lowest BCUT2D eigenvalue weighted by Gasteiger charge is -2.25. The first-order valence-corrected chi connectivity index (χ1v) is 8.21. The number of hydrogen-bond donors (Lipinski definition) is 1. The molecule has 1 aliphatic carbocycles. The van der Waals surface area contributed by atoms with Gasteiger partial charge in [-0.15, -0.1) is 0 Å². The number of hydrogen-bond acceptors (Lipinski definition) is 4. The van der Waals surface area contributed by atoms with Crippen molar-refractivity contribution in [2.75, 3.05) is 25.5 Å². The Labute approximate surface area is 137 Å². The Morgan fingerprint density at radius 3 is 2.91 bits per heavy atom. The van der Waals surface area contributed by atoms with Crippen LogP contribution in [-0.4, -0.2) is 37.0 Å². The maximum Gasteiger partial charge on any atom is 0.313 e. The number of nitrogens with zero attached hydrogens (tertiary/aromatic N) is 1. The molecule has 2 unspecified atom stereocenters. The zero-order valence-electron chi connectivity index (χ0n) is 13.8. The number of ether oxygens (including phenoxy) is 1. The molecule has 5 heteroatoms. The lowest BCUT2D eigenvalue weighted by molar-refractivity contribution is -0.153. The number of amides is 1. The summed E-state index contributed by atoms with van der Waals surface area (Å²) in [6.45, 7) is 3.93. The Morgan fingerprint density at radius 1 is 1.39 bits per heavy atom. The van der Waals surface area contributed by atoms with Crippen LogP contribution in [0, 0.1) is 11.3 Å². The third-order valence-corrected chi connectivity index (χ3v) is 5.26. The molecule has 23 heavy (non-hydrogen) atoms. The molecule has 0 spiro atoms. The van der Waals surface area contributed by atoms with E-state index in [2.05, 4.69) is 10.2 Å². The zero-order chi connectivity index (χ0) is 16.4. The number of para-hydroxylation sites is 1. The molecule has 0 radical (unpaired) electrons. The van der Waals surface area contributed by atoms with Gasteiger partial charge in [-0.3, -0.25) is 14.5 Å². The minimum Gasteiger partial charge on any atom is -0.469 e. The molecular formula is C18H24N2O3. The summed E-state index contributed by atoms with van der Waals surface area (Å²) in [6.07, 6.45) is 3.13. The number of rotatable bonds is 4. The summed E-state index contributed by atoms with van der Waals surface area (Å²) >= 11 is 0. The Bertz CT molecular complexity index is 616. The highest BCUT2D eigenvalue weighted by atomic mass is 16.5. The maximum absolute atomic E-state index is 12.3. The van der Waals surface area contributed by atoms with E-state index in [1.54, 1.807) is 0 Å². The van der Waals surface area contributed by atoms with Gasteiger partial charge in [0.25, 0.3) is 0 Å². The second-order valence-electron chi connectivity index (χ2n) is 6.74. The number of fused-ring (bicyclic) bond motifs is 1. The molecule has 1 aromatic rings. The van der Waals surface area contributed by atoms with Gasteiger partial charge in [-0.05, 0) is 30.4 Å². The van der Waals surface area contributed by atoms with Crippen molar-refractivity contribution in [2.24, 2.45) is 11.3 Å². The van der Waals surface area contributed by atoms with E-state index >= 15 is 0 Å². The highest BCUT2D eigenvalue weighted by molar-refractivity contribution is 5.89. The van der Waals surface area contributed by atoms with Gasteiger partial charge in [-0.2, -0.15) is 0 Å². The number of esters is 1. The van der Waals surface area contributed by atoms with E-state index in [9.17, 15) is 9.59 Å². The van der Waals surface area contributed by atoms with Crippen LogP contribution >= 0.6 is 0 Å². The van der Waals surface area contributed by atoms with Crippen molar-refractivity contribution in [2.45, 2.75) is 32.7 Å². The summed E-state index contributed by atoms with van der Waals surface area (Å²) < 4.78 is 5.09. The first kappa shape index (κ1) is 16.0. The summed E-state index contributed by atoms with van der Waals surface area (Å²) in [5.74, 6) is 0.266. The van der Waals surface area contributed by atoms with Crippen molar-refractivity contribution in [1.82, 2.24) is 4.90 Å². The molecule has 1 aromatic carbocycles. The smallest absolute Gasteiger partial charge is 0.313 e. The summed E-state index contributed by atoms with van der Waals surface area (Å²) in [4.78, 5) is 26.0. The molecule has 3 rings (SSSR count). The van der Waals surface area contributed by atoms with E-state index in [1.807, 2.05) is 24.3 Å². The zero-order valence-corrected chi connectivity index (χ0v) is 13.8. The van der Waals surface area contributed by atoms with E-state index in [1.165, 1.54) is 14.0 Å². The second kappa shape index (κ2) is 6.32. The average molecular weight is 316 g/mol. The first-order valence-electron chi connectivity index (χ1n) is 8.21. The number of methoxy groups -OCH3 is 1. The summed E-state index contributed by atoms with van der Waals surface area (Å²) in [6, 6.07) is 7.85. The standard InChI is InChI=1S/C18H24N2O3/c1-13(21)19-16-8-4-3-6-14(16)10-20-11-15-7-5-9-18(15,12-20)17(22)23-2/h3-4,6,8,15H,5,7,9-12H2,1-2H3,(H,19,21). The predicted molar refractivity (Wildman–Crippen MR) is 87.8 cm³/mol. The van der Waals surface area contributed by atoms with Crippen LogP contribution in [0.4, 0.5) is 5.69 Å². The van der Waals surface area contributed by atoms with Gasteiger partial charge in [0.15, 0.2) is 0 Å². The normalized spacial score (nSPS) is 26.8. The van der Waals surface area contributed by atoms with E-state index in [-0.39, 0.29) is 17.3 Å². The summed E-state index contributed by atoms with van der Waals surface area (Å²) in [5, 5.41) is 2.88. The molecule has 0 bridgehead atoms. The Morgan fingerprint density at radius 2 is 2.17 bits per heavy atom. The van der Waals surface area contributed by atoms with Gasteiger partial charge in [0.2, 0.25) is 5.91 Å². The van der Waals surface area contributed by atoms with E-state index in [4.69, 9.17) is 4.74 Å². The van der Waals surface area contributed by atoms with Crippen LogP contribution in [-0.2, 0) is 20.9 Å². The molecule has 2 fully saturated rings. The number of carbonyl (C=O) groups is 2. The molecule has 2 atom stereocenters. The summed E-state index contributed by atoms with van der Waals surface area (Å²) in [7, 11) is 1.49. The van der Waals surface area contributed by atoms with Gasteiger partial charge in [0.1, 0.15) is 0 Å². The van der Waals surface area contributed by atoms with Crippen LogP contribution < -0.4 is 5.32 Å². The van der Waals surface area contributed by atoms with Crippen molar-refractivity contribution in [3.05, 3.63) is 29.8 Å². The molecule has 1 saturated carbocycles. The van der Waals surface area contributed by atoms with Crippen molar-refractivity contribution in [1.29, 1.82) is 0 Å². The third kappa shape index (κ3) is 2.98. The number of likely N-dealkylation sites (tertiary alicyclic amines) is 1. The lowest BCUT2D eigenvalue weighted by atomic mass is 9.81. The van der Waals surface area contributed by atoms with Crippen molar-refractivity contribution in [3.63, 3.8) is 0 Å². The Balaban J connectivity index is 1.76. The molecule has 2 aliphatic rings. The Hall–Kier alpha value is -1.88. The molecule has 124 valence electrons. The van der Waals surface area contributed by atoms with Gasteiger partial charge >= 0.3 is 5.97 Å². The molecule has 1 amide bonds. The van der Waals surface area contributed by atoms with Gasteiger partial charge in [-0.25, -0.2) is 0 Å². The molecular weight excluding hydrogens is 292 g/mol. The number of benzene rings is 1. The van der Waals surface area contributed by atoms with E-state index in [0.29, 0.717) is 5.92 Å². The maximum atomic E-state index is 12.3. The van der Waals surface area contributed by atoms with Gasteiger partial charge < -0.3 is 10.1 Å². The van der Waals surface area contributed by atoms with Crippen molar-refractivity contribution < 1.29 is 14.3 Å². The molecule has 1 heterocycles. The fourth-order valence-electron chi connectivity index (χ4n) is 4.26. The molecule has 0 aromatic heterocycles. The monoisotopic (exact) mass is 316 g/mol. The third-order valence-electron chi connectivity index (χ3n) is 5.26. The van der Waals surface area contributed by atoms with Crippen molar-refractivity contribution >= 4 is 17.6 Å². The van der Waals surface area contributed by atoms with Crippen LogP contribution in [0.2, 0.25) is 0 Å². The molecule has 1 N–H and O–H groups in total. The largest absolute Gasteiger partial charge is 0.469 e. The highest BCUT2D eigenvalue weighted by Gasteiger charge is 2.55. The predicted octanol–water partition coefficient (Wildman–Crippen LogP) is 2.42. The SMILES string of the molecule is COC(=O)C12CCCC1CN(Cc1ccccc1NC(C)=O)C2. The van der Waals surface area contributed by atoms with Crippen LogP contribution in [0.3, 0.4) is 0 Å². The van der Waals surface area contributed by atoms with Gasteiger partial charge in [0, 0.05) is 32.2 Å². The van der Waals surface area contributed by atoms with Crippen LogP contribution in [0.15, 0.2) is 24.3 Å². The van der Waals surface area contributed by atoms with Gasteiger partial charge in [0.05, 0.1) is 12.5 Å². The summed E-state index contributed by atoms with van der Waals surface area (Å²) in [5.41, 5.74) is 1.62. The minimum absolute atomic E-state index is 0.0577.